The van der Waals surface area contributed by atoms with Crippen molar-refractivity contribution in [3.63, 3.8) is 0 Å². The Bertz CT molecular complexity index is 749. The summed E-state index contributed by atoms with van der Waals surface area (Å²) >= 11 is 0.154. The Kier molecular flexibility index (Phi) is 7.08. The monoisotopic (exact) mass is 434 g/mol. The third-order valence-electron chi connectivity index (χ3n) is 4.83. The van der Waals surface area contributed by atoms with E-state index in [4.69, 9.17) is 14.2 Å². The number of carbonyl (C=O) groups is 1. The standard InChI is InChI=1S/C22H26O4Se/c1-3-19(25-16-24-2)18-11-7-8-12-20(18)27-15-22(14-13-21(23)26-22)17-9-5-4-6-10-17/h4-12,19H,3,13-16H2,1-2H3/t19-,22-/m0/s1. The molecule has 2 atom stereocenters. The number of methoxy groups -OCH3 is 1. The van der Waals surface area contributed by atoms with Crippen LogP contribution in [0.1, 0.15) is 43.4 Å². The van der Waals surface area contributed by atoms with Gasteiger partial charge in [-0.15, -0.1) is 0 Å². The first-order valence-electron chi connectivity index (χ1n) is 9.28. The molecule has 27 heavy (non-hydrogen) atoms. The molecule has 3 rings (SSSR count). The normalized spacial score (nSPS) is 20.4. The average Bonchev–Trinajstić information content (AvgIpc) is 3.10. The summed E-state index contributed by atoms with van der Waals surface area (Å²) < 4.78 is 18.1. The molecule has 2 aromatic carbocycles. The van der Waals surface area contributed by atoms with Crippen molar-refractivity contribution in [1.29, 1.82) is 0 Å². The van der Waals surface area contributed by atoms with Gasteiger partial charge in [0.05, 0.1) is 0 Å². The number of benzene rings is 2. The molecule has 0 aliphatic carbocycles. The van der Waals surface area contributed by atoms with Crippen LogP contribution in [0.3, 0.4) is 0 Å². The number of carbonyl (C=O) groups excluding carboxylic acids is 1. The van der Waals surface area contributed by atoms with E-state index in [0.29, 0.717) is 6.42 Å². The summed E-state index contributed by atoms with van der Waals surface area (Å²) in [4.78, 5) is 11.9. The van der Waals surface area contributed by atoms with Crippen LogP contribution in [0.5, 0.6) is 0 Å². The summed E-state index contributed by atoms with van der Waals surface area (Å²) in [6.07, 6.45) is 2.13. The van der Waals surface area contributed by atoms with Gasteiger partial charge < -0.3 is 0 Å². The molecule has 2 aromatic rings. The van der Waals surface area contributed by atoms with Gasteiger partial charge in [-0.2, -0.15) is 0 Å². The first-order chi connectivity index (χ1) is 13.2. The molecule has 0 N–H and O–H groups in total. The van der Waals surface area contributed by atoms with Crippen LogP contribution in [-0.2, 0) is 24.6 Å². The molecule has 0 unspecified atom stereocenters. The van der Waals surface area contributed by atoms with Gasteiger partial charge in [-0.1, -0.05) is 0 Å². The Balaban J connectivity index is 1.81. The van der Waals surface area contributed by atoms with E-state index in [1.54, 1.807) is 7.11 Å². The van der Waals surface area contributed by atoms with Gasteiger partial charge in [-0.3, -0.25) is 0 Å². The van der Waals surface area contributed by atoms with Crippen LogP contribution in [0, 0.1) is 0 Å². The number of hydrogen-bond acceptors (Lipinski definition) is 4. The summed E-state index contributed by atoms with van der Waals surface area (Å²) in [5.41, 5.74) is 1.81. The van der Waals surface area contributed by atoms with E-state index < -0.39 is 5.60 Å². The molecule has 4 nitrogen and oxygen atoms in total. The predicted molar refractivity (Wildman–Crippen MR) is 106 cm³/mol. The summed E-state index contributed by atoms with van der Waals surface area (Å²) in [7, 11) is 1.64. The molecule has 0 amide bonds. The molecule has 0 saturated carbocycles. The van der Waals surface area contributed by atoms with Gasteiger partial charge in [-0.25, -0.2) is 0 Å². The molecule has 1 heterocycles. The van der Waals surface area contributed by atoms with Crippen molar-refractivity contribution in [3.05, 3.63) is 65.7 Å². The van der Waals surface area contributed by atoms with Gasteiger partial charge in [-0.05, 0) is 0 Å². The number of cyclic esters (lactones) is 1. The third kappa shape index (κ3) is 4.80. The molecule has 5 heteroatoms. The Morgan fingerprint density at radius 1 is 1.15 bits per heavy atom. The molecule has 1 aliphatic rings. The van der Waals surface area contributed by atoms with Crippen LogP contribution in [-0.4, -0.2) is 34.8 Å². The maximum absolute atomic E-state index is 11.9. The van der Waals surface area contributed by atoms with E-state index in [9.17, 15) is 4.79 Å². The second-order valence-electron chi connectivity index (χ2n) is 6.63. The maximum atomic E-state index is 11.9. The van der Waals surface area contributed by atoms with E-state index in [0.717, 1.165) is 23.7 Å². The fourth-order valence-corrected chi connectivity index (χ4v) is 6.13. The van der Waals surface area contributed by atoms with E-state index in [-0.39, 0.29) is 33.8 Å². The van der Waals surface area contributed by atoms with Gasteiger partial charge >= 0.3 is 167 Å². The first-order valence-corrected chi connectivity index (χ1v) is 11.3. The molecule has 0 bridgehead atoms. The van der Waals surface area contributed by atoms with Crippen molar-refractivity contribution < 1.29 is 19.0 Å². The zero-order valence-corrected chi connectivity index (χ0v) is 17.6. The summed E-state index contributed by atoms with van der Waals surface area (Å²) in [5, 5.41) is 0.827. The number of rotatable bonds is 9. The minimum atomic E-state index is -0.499. The number of esters is 1. The zero-order valence-electron chi connectivity index (χ0n) is 15.9. The average molecular weight is 433 g/mol. The van der Waals surface area contributed by atoms with Crippen LogP contribution in [0.2, 0.25) is 5.32 Å². The summed E-state index contributed by atoms with van der Waals surface area (Å²) in [6, 6.07) is 18.6. The third-order valence-corrected chi connectivity index (χ3v) is 7.54. The molecular formula is C22H26O4Se. The predicted octanol–water partition coefficient (Wildman–Crippen LogP) is 3.74. The molecule has 144 valence electrons. The fraction of sp³-hybridized carbons (Fsp3) is 0.409. The molecule has 1 saturated heterocycles. The minimum absolute atomic E-state index is 0.0156. The Morgan fingerprint density at radius 2 is 1.89 bits per heavy atom. The van der Waals surface area contributed by atoms with Crippen molar-refractivity contribution in [2.45, 2.75) is 43.2 Å². The van der Waals surface area contributed by atoms with Crippen molar-refractivity contribution in [3.8, 4) is 0 Å². The van der Waals surface area contributed by atoms with Gasteiger partial charge in [0.2, 0.25) is 0 Å². The van der Waals surface area contributed by atoms with Gasteiger partial charge in [0, 0.05) is 0 Å². The molecule has 0 spiro atoms. The van der Waals surface area contributed by atoms with Crippen molar-refractivity contribution in [2.24, 2.45) is 0 Å². The summed E-state index contributed by atoms with van der Waals surface area (Å²) in [6.45, 7) is 2.40. The number of hydrogen-bond donors (Lipinski definition) is 0. The van der Waals surface area contributed by atoms with Crippen molar-refractivity contribution >= 4 is 25.4 Å². The molecule has 1 fully saturated rings. The second-order valence-corrected chi connectivity index (χ2v) is 8.77. The Labute approximate surface area is 167 Å². The Morgan fingerprint density at radius 3 is 2.56 bits per heavy atom. The summed E-state index contributed by atoms with van der Waals surface area (Å²) in [5.74, 6) is -0.0993. The van der Waals surface area contributed by atoms with Crippen molar-refractivity contribution in [2.75, 3.05) is 13.9 Å². The van der Waals surface area contributed by atoms with E-state index in [1.807, 2.05) is 18.2 Å². The van der Waals surface area contributed by atoms with Gasteiger partial charge in [0.15, 0.2) is 0 Å². The van der Waals surface area contributed by atoms with Crippen molar-refractivity contribution in [1.82, 2.24) is 0 Å². The van der Waals surface area contributed by atoms with Crippen LogP contribution >= 0.6 is 0 Å². The van der Waals surface area contributed by atoms with Crippen LogP contribution < -0.4 is 4.46 Å². The molecule has 0 radical (unpaired) electrons. The Hall–Kier alpha value is -1.65. The topological polar surface area (TPSA) is 44.8 Å². The van der Waals surface area contributed by atoms with E-state index >= 15 is 0 Å². The molecular weight excluding hydrogens is 407 g/mol. The van der Waals surface area contributed by atoms with Crippen LogP contribution in [0.4, 0.5) is 0 Å². The van der Waals surface area contributed by atoms with E-state index in [1.165, 1.54) is 10.0 Å². The fourth-order valence-electron chi connectivity index (χ4n) is 3.40. The van der Waals surface area contributed by atoms with E-state index in [2.05, 4.69) is 43.3 Å². The SMILES string of the molecule is CC[C@H](OCOC)c1ccccc1[Se]C[C@]1(c2ccccc2)CCC(=O)O1. The van der Waals surface area contributed by atoms with Crippen LogP contribution in [0.15, 0.2) is 54.6 Å². The molecule has 1 aliphatic heterocycles. The van der Waals surface area contributed by atoms with Gasteiger partial charge in [0.25, 0.3) is 0 Å². The second kappa shape index (κ2) is 9.52. The number of ether oxygens (including phenoxy) is 3. The zero-order chi connectivity index (χ0) is 19.1. The van der Waals surface area contributed by atoms with Gasteiger partial charge in [0.1, 0.15) is 0 Å². The quantitative estimate of drug-likeness (QED) is 0.343. The molecule has 0 aromatic heterocycles. The first kappa shape index (κ1) is 20.1. The van der Waals surface area contributed by atoms with Crippen LogP contribution in [0.25, 0.3) is 0 Å².